The van der Waals surface area contributed by atoms with Crippen LogP contribution in [0.5, 0.6) is 17.2 Å². The summed E-state index contributed by atoms with van der Waals surface area (Å²) in [6, 6.07) is 8.53. The minimum Gasteiger partial charge on any atom is -0.495 e. The molecule has 0 atom stereocenters. The SMILES string of the molecule is CCOC(=O)c1cc(-c2ccc(OC)c(S(=O)(=O)Nc3cc(Cl)c(OC)cc3OC)c2)on1. The first kappa shape index (κ1) is 24.2. The van der Waals surface area contributed by atoms with Crippen molar-refractivity contribution in [1.82, 2.24) is 5.16 Å². The summed E-state index contributed by atoms with van der Waals surface area (Å²) in [5.74, 6) is 0.110. The lowest BCUT2D eigenvalue weighted by atomic mass is 10.1. The van der Waals surface area contributed by atoms with Gasteiger partial charge in [0.15, 0.2) is 11.5 Å². The van der Waals surface area contributed by atoms with Crippen molar-refractivity contribution in [2.24, 2.45) is 0 Å². The summed E-state index contributed by atoms with van der Waals surface area (Å²) in [6.07, 6.45) is 0. The van der Waals surface area contributed by atoms with Gasteiger partial charge in [0.25, 0.3) is 10.0 Å². The van der Waals surface area contributed by atoms with Crippen molar-refractivity contribution in [2.45, 2.75) is 11.8 Å². The number of carbonyl (C=O) groups excluding carboxylic acids is 1. The molecule has 0 saturated carbocycles. The minimum absolute atomic E-state index is 0.0391. The number of esters is 1. The van der Waals surface area contributed by atoms with E-state index in [1.165, 1.54) is 51.7 Å². The first-order chi connectivity index (χ1) is 15.7. The molecule has 0 fully saturated rings. The number of benzene rings is 2. The van der Waals surface area contributed by atoms with E-state index in [0.29, 0.717) is 11.3 Å². The van der Waals surface area contributed by atoms with Gasteiger partial charge < -0.3 is 23.5 Å². The van der Waals surface area contributed by atoms with E-state index in [2.05, 4.69) is 9.88 Å². The van der Waals surface area contributed by atoms with Crippen LogP contribution in [0.4, 0.5) is 5.69 Å². The number of nitrogens with one attached hydrogen (secondary N) is 1. The van der Waals surface area contributed by atoms with Crippen LogP contribution in [0.2, 0.25) is 5.02 Å². The molecule has 176 valence electrons. The second-order valence-corrected chi connectivity index (χ2v) is 8.51. The van der Waals surface area contributed by atoms with Gasteiger partial charge in [0.05, 0.1) is 38.6 Å². The summed E-state index contributed by atoms with van der Waals surface area (Å²) in [4.78, 5) is 11.7. The van der Waals surface area contributed by atoms with E-state index < -0.39 is 16.0 Å². The van der Waals surface area contributed by atoms with Crippen LogP contribution in [-0.4, -0.2) is 47.5 Å². The molecule has 1 heterocycles. The average Bonchev–Trinajstić information content (AvgIpc) is 3.29. The minimum atomic E-state index is -4.18. The Morgan fingerprint density at radius 3 is 2.36 bits per heavy atom. The van der Waals surface area contributed by atoms with Crippen LogP contribution in [0.15, 0.2) is 45.8 Å². The van der Waals surface area contributed by atoms with Gasteiger partial charge in [-0.2, -0.15) is 0 Å². The van der Waals surface area contributed by atoms with Gasteiger partial charge in [0.1, 0.15) is 22.1 Å². The van der Waals surface area contributed by atoms with Crippen molar-refractivity contribution < 1.29 is 36.7 Å². The maximum Gasteiger partial charge on any atom is 0.360 e. The maximum atomic E-state index is 13.3. The van der Waals surface area contributed by atoms with Crippen molar-refractivity contribution in [3.05, 3.63) is 47.1 Å². The molecule has 0 aliphatic heterocycles. The molecule has 0 aliphatic carbocycles. The first-order valence-electron chi connectivity index (χ1n) is 9.50. The lowest BCUT2D eigenvalue weighted by Crippen LogP contribution is -2.15. The second-order valence-electron chi connectivity index (χ2n) is 6.46. The molecule has 1 N–H and O–H groups in total. The number of rotatable bonds is 9. The molecule has 0 bridgehead atoms. The highest BCUT2D eigenvalue weighted by molar-refractivity contribution is 7.92. The van der Waals surface area contributed by atoms with Gasteiger partial charge in [-0.3, -0.25) is 4.72 Å². The molecular formula is C21H21ClN2O8S. The Labute approximate surface area is 195 Å². The summed E-state index contributed by atoms with van der Waals surface area (Å²) in [6.45, 7) is 1.84. The highest BCUT2D eigenvalue weighted by Gasteiger charge is 2.24. The topological polar surface area (TPSA) is 126 Å². The Kier molecular flexibility index (Phi) is 7.34. The largest absolute Gasteiger partial charge is 0.495 e. The zero-order valence-corrected chi connectivity index (χ0v) is 19.7. The maximum absolute atomic E-state index is 13.3. The lowest BCUT2D eigenvalue weighted by Gasteiger charge is -2.16. The van der Waals surface area contributed by atoms with Gasteiger partial charge in [0, 0.05) is 17.7 Å². The molecule has 0 aliphatic rings. The molecule has 0 saturated heterocycles. The number of hydrogen-bond acceptors (Lipinski definition) is 9. The summed E-state index contributed by atoms with van der Waals surface area (Å²) >= 11 is 6.15. The molecule has 0 radical (unpaired) electrons. The molecule has 3 aromatic rings. The number of aromatic nitrogens is 1. The second kappa shape index (κ2) is 10.0. The van der Waals surface area contributed by atoms with Gasteiger partial charge in [-0.1, -0.05) is 16.8 Å². The lowest BCUT2D eigenvalue weighted by molar-refractivity contribution is 0.0514. The van der Waals surface area contributed by atoms with Gasteiger partial charge in [-0.25, -0.2) is 13.2 Å². The third kappa shape index (κ3) is 5.15. The van der Waals surface area contributed by atoms with Gasteiger partial charge >= 0.3 is 5.97 Å². The number of anilines is 1. The van der Waals surface area contributed by atoms with Gasteiger partial charge in [-0.15, -0.1) is 0 Å². The van der Waals surface area contributed by atoms with Crippen LogP contribution in [0.1, 0.15) is 17.4 Å². The average molecular weight is 497 g/mol. The van der Waals surface area contributed by atoms with Crippen molar-refractivity contribution in [1.29, 1.82) is 0 Å². The number of hydrogen-bond donors (Lipinski definition) is 1. The number of carbonyl (C=O) groups is 1. The molecular weight excluding hydrogens is 476 g/mol. The zero-order chi connectivity index (χ0) is 24.2. The fourth-order valence-corrected chi connectivity index (χ4v) is 4.39. The van der Waals surface area contributed by atoms with Crippen LogP contribution in [0.3, 0.4) is 0 Å². The fraction of sp³-hybridized carbons (Fsp3) is 0.238. The summed E-state index contributed by atoms with van der Waals surface area (Å²) in [7, 11) is -0.0324. The molecule has 2 aromatic carbocycles. The highest BCUT2D eigenvalue weighted by Crippen LogP contribution is 2.38. The van der Waals surface area contributed by atoms with Crippen molar-refractivity contribution in [2.75, 3.05) is 32.7 Å². The first-order valence-corrected chi connectivity index (χ1v) is 11.4. The molecule has 33 heavy (non-hydrogen) atoms. The Balaban J connectivity index is 2.02. The van der Waals surface area contributed by atoms with E-state index in [4.69, 9.17) is 35.1 Å². The van der Waals surface area contributed by atoms with Crippen molar-refractivity contribution in [3.63, 3.8) is 0 Å². The number of sulfonamides is 1. The molecule has 1 aromatic heterocycles. The smallest absolute Gasteiger partial charge is 0.360 e. The predicted octanol–water partition coefficient (Wildman–Crippen LogP) is 4.00. The van der Waals surface area contributed by atoms with Gasteiger partial charge in [0.2, 0.25) is 0 Å². The number of ether oxygens (including phenoxy) is 4. The summed E-state index contributed by atoms with van der Waals surface area (Å²) in [5.41, 5.74) is 0.404. The van der Waals surface area contributed by atoms with Crippen LogP contribution < -0.4 is 18.9 Å². The zero-order valence-electron chi connectivity index (χ0n) is 18.2. The predicted molar refractivity (Wildman–Crippen MR) is 120 cm³/mol. The number of halogens is 1. The van der Waals surface area contributed by atoms with E-state index >= 15 is 0 Å². The van der Waals surface area contributed by atoms with Crippen LogP contribution in [-0.2, 0) is 14.8 Å². The van der Waals surface area contributed by atoms with E-state index in [9.17, 15) is 13.2 Å². The summed E-state index contributed by atoms with van der Waals surface area (Å²) in [5, 5.41) is 3.86. The van der Waals surface area contributed by atoms with Gasteiger partial charge in [-0.05, 0) is 31.2 Å². The summed E-state index contributed by atoms with van der Waals surface area (Å²) < 4.78 is 54.7. The third-order valence-electron chi connectivity index (χ3n) is 4.45. The van der Waals surface area contributed by atoms with E-state index in [0.717, 1.165) is 0 Å². The third-order valence-corrected chi connectivity index (χ3v) is 6.13. The monoisotopic (exact) mass is 496 g/mol. The Bertz CT molecular complexity index is 1270. The van der Waals surface area contributed by atoms with E-state index in [1.807, 2.05) is 0 Å². The van der Waals surface area contributed by atoms with Crippen LogP contribution in [0, 0.1) is 0 Å². The number of nitrogens with zero attached hydrogens (tertiary/aromatic N) is 1. The van der Waals surface area contributed by atoms with E-state index in [1.54, 1.807) is 13.0 Å². The van der Waals surface area contributed by atoms with Crippen LogP contribution in [0.25, 0.3) is 11.3 Å². The Morgan fingerprint density at radius 2 is 1.73 bits per heavy atom. The quantitative estimate of drug-likeness (QED) is 0.437. The fourth-order valence-electron chi connectivity index (χ4n) is 2.89. The van der Waals surface area contributed by atoms with E-state index in [-0.39, 0.29) is 45.2 Å². The molecule has 0 spiro atoms. The normalized spacial score (nSPS) is 11.1. The standard InChI is InChI=1S/C21H21ClN2O8S/c1-5-31-21(25)15-10-17(32-23-15)12-6-7-16(28-2)20(8-12)33(26,27)24-14-9-13(22)18(29-3)11-19(14)30-4/h6-11,24H,5H2,1-4H3. The van der Waals surface area contributed by atoms with Crippen molar-refractivity contribution in [3.8, 4) is 28.6 Å². The highest BCUT2D eigenvalue weighted by atomic mass is 35.5. The molecule has 0 amide bonds. The Morgan fingerprint density at radius 1 is 1.03 bits per heavy atom. The number of methoxy groups -OCH3 is 3. The molecule has 0 unspecified atom stereocenters. The molecule has 10 nitrogen and oxygen atoms in total. The van der Waals surface area contributed by atoms with Crippen molar-refractivity contribution >= 4 is 33.3 Å². The molecule has 3 rings (SSSR count). The Hall–Kier alpha value is -3.44. The van der Waals surface area contributed by atoms with Crippen LogP contribution >= 0.6 is 11.6 Å². The molecule has 12 heteroatoms.